The Hall–Kier alpha value is -0.570. The van der Waals surface area contributed by atoms with Crippen LogP contribution in [0.5, 0.6) is 0 Å². The largest absolute Gasteiger partial charge is 0.411 e. The van der Waals surface area contributed by atoms with Crippen LogP contribution in [0, 0.1) is 11.8 Å². The monoisotopic (exact) mass is 304 g/mol. The number of hydrogen-bond donors (Lipinski definition) is 1. The average molecular weight is 304 g/mol. The fourth-order valence-corrected chi connectivity index (χ4v) is 6.10. The third-order valence-electron chi connectivity index (χ3n) is 7.07. The van der Waals surface area contributed by atoms with Crippen molar-refractivity contribution in [2.45, 2.75) is 102 Å². The first-order chi connectivity index (χ1) is 10.9. The summed E-state index contributed by atoms with van der Waals surface area (Å²) in [7, 11) is 0. The van der Waals surface area contributed by atoms with Crippen LogP contribution in [0.4, 0.5) is 0 Å². The summed E-state index contributed by atoms with van der Waals surface area (Å²) in [5.74, 6) is 1.37. The Kier molecular flexibility index (Phi) is 4.43. The van der Waals surface area contributed by atoms with Crippen LogP contribution < -0.4 is 0 Å². The molecule has 3 atom stereocenters. The molecular formula is C19H32N2O. The predicted octanol–water partition coefficient (Wildman–Crippen LogP) is 4.58. The molecule has 0 amide bonds. The van der Waals surface area contributed by atoms with Crippen molar-refractivity contribution in [3.63, 3.8) is 0 Å². The van der Waals surface area contributed by atoms with E-state index in [9.17, 15) is 5.21 Å². The van der Waals surface area contributed by atoms with Crippen molar-refractivity contribution in [1.29, 1.82) is 0 Å². The van der Waals surface area contributed by atoms with Crippen LogP contribution in [-0.4, -0.2) is 33.9 Å². The van der Waals surface area contributed by atoms with Crippen LogP contribution in [0.2, 0.25) is 0 Å². The second-order valence-electron chi connectivity index (χ2n) is 8.27. The molecule has 0 spiro atoms. The topological polar surface area (TPSA) is 35.8 Å². The zero-order chi connectivity index (χ0) is 14.9. The first kappa shape index (κ1) is 15.0. The van der Waals surface area contributed by atoms with E-state index in [1.807, 2.05) is 0 Å². The van der Waals surface area contributed by atoms with Crippen LogP contribution in [0.3, 0.4) is 0 Å². The van der Waals surface area contributed by atoms with Gasteiger partial charge in [0.1, 0.15) is 0 Å². The summed E-state index contributed by atoms with van der Waals surface area (Å²) in [4.78, 5) is 2.90. The molecule has 0 aromatic carbocycles. The normalized spacial score (nSPS) is 39.1. The molecule has 1 N–H and O–H groups in total. The maximum absolute atomic E-state index is 9.67. The molecule has 0 radical (unpaired) electrons. The zero-order valence-electron chi connectivity index (χ0n) is 13.9. The summed E-state index contributed by atoms with van der Waals surface area (Å²) in [5, 5.41) is 13.5. The van der Waals surface area contributed by atoms with E-state index in [0.29, 0.717) is 12.0 Å². The first-order valence-electron chi connectivity index (χ1n) is 9.87. The van der Waals surface area contributed by atoms with E-state index in [2.05, 4.69) is 10.1 Å². The van der Waals surface area contributed by atoms with Crippen molar-refractivity contribution >= 4 is 5.71 Å². The Morgan fingerprint density at radius 1 is 0.773 bits per heavy atom. The fraction of sp³-hybridized carbons (Fsp3) is 0.947. The Labute approximate surface area is 135 Å². The van der Waals surface area contributed by atoms with E-state index in [1.165, 1.54) is 83.5 Å². The summed E-state index contributed by atoms with van der Waals surface area (Å²) < 4.78 is 0. The van der Waals surface area contributed by atoms with Gasteiger partial charge in [0.25, 0.3) is 0 Å². The molecule has 0 aromatic heterocycles. The van der Waals surface area contributed by atoms with Gasteiger partial charge in [0.2, 0.25) is 0 Å². The smallest absolute Gasteiger partial charge is 0.0775 e. The highest BCUT2D eigenvalue weighted by molar-refractivity contribution is 5.94. The van der Waals surface area contributed by atoms with E-state index in [4.69, 9.17) is 0 Å². The zero-order valence-corrected chi connectivity index (χ0v) is 13.9. The van der Waals surface area contributed by atoms with Crippen molar-refractivity contribution in [2.75, 3.05) is 0 Å². The minimum absolute atomic E-state index is 0.481. The lowest BCUT2D eigenvalue weighted by molar-refractivity contribution is 0.0426. The second kappa shape index (κ2) is 6.51. The molecule has 2 bridgehead atoms. The highest BCUT2D eigenvalue weighted by atomic mass is 16.4. The van der Waals surface area contributed by atoms with Crippen LogP contribution in [0.25, 0.3) is 0 Å². The van der Waals surface area contributed by atoms with E-state index in [0.717, 1.165) is 23.7 Å². The predicted molar refractivity (Wildman–Crippen MR) is 89.4 cm³/mol. The summed E-state index contributed by atoms with van der Waals surface area (Å²) in [5.41, 5.74) is 1.16. The van der Waals surface area contributed by atoms with Crippen LogP contribution in [-0.2, 0) is 0 Å². The lowest BCUT2D eigenvalue weighted by Crippen LogP contribution is -2.55. The van der Waals surface area contributed by atoms with Gasteiger partial charge in [-0.3, -0.25) is 4.90 Å². The summed E-state index contributed by atoms with van der Waals surface area (Å²) in [6.07, 6.45) is 17.9. The SMILES string of the molecule is O/N=C1/C2CCC(C2)C1N(C1CCCCC1)C1CCCCC1. The van der Waals surface area contributed by atoms with Crippen molar-refractivity contribution in [3.8, 4) is 0 Å². The minimum atomic E-state index is 0.481. The number of fused-ring (bicyclic) bond motifs is 2. The minimum Gasteiger partial charge on any atom is -0.411 e. The molecule has 4 aliphatic carbocycles. The van der Waals surface area contributed by atoms with Crippen LogP contribution in [0.15, 0.2) is 5.16 Å². The maximum Gasteiger partial charge on any atom is 0.0775 e. The standard InChI is InChI=1S/C19H32N2O/c22-20-18-14-11-12-15(13-14)19(18)21(16-7-3-1-4-8-16)17-9-5-2-6-10-17/h14-17,19,22H,1-13H2/b20-18-. The van der Waals surface area contributed by atoms with Gasteiger partial charge in [-0.25, -0.2) is 0 Å². The lowest BCUT2D eigenvalue weighted by Gasteiger charge is -2.47. The Bertz CT molecular complexity index is 392. The Balaban J connectivity index is 1.61. The summed E-state index contributed by atoms with van der Waals surface area (Å²) >= 11 is 0. The molecule has 4 fully saturated rings. The highest BCUT2D eigenvalue weighted by Crippen LogP contribution is 2.47. The fourth-order valence-electron chi connectivity index (χ4n) is 6.10. The van der Waals surface area contributed by atoms with Crippen molar-refractivity contribution in [3.05, 3.63) is 0 Å². The average Bonchev–Trinajstić information content (AvgIpc) is 3.18. The molecule has 4 aliphatic rings. The quantitative estimate of drug-likeness (QED) is 0.612. The van der Waals surface area contributed by atoms with Crippen LogP contribution >= 0.6 is 0 Å². The highest BCUT2D eigenvalue weighted by Gasteiger charge is 2.50. The summed E-state index contributed by atoms with van der Waals surface area (Å²) in [6, 6.07) is 2.01. The van der Waals surface area contributed by atoms with Gasteiger partial charge in [0, 0.05) is 18.0 Å². The van der Waals surface area contributed by atoms with Crippen molar-refractivity contribution in [2.24, 2.45) is 17.0 Å². The molecule has 4 rings (SSSR count). The van der Waals surface area contributed by atoms with E-state index < -0.39 is 0 Å². The molecule has 3 unspecified atom stereocenters. The molecular weight excluding hydrogens is 272 g/mol. The summed E-state index contributed by atoms with van der Waals surface area (Å²) in [6.45, 7) is 0. The number of rotatable bonds is 3. The van der Waals surface area contributed by atoms with Crippen molar-refractivity contribution in [1.82, 2.24) is 4.90 Å². The molecule has 0 heterocycles. The molecule has 4 saturated carbocycles. The number of oxime groups is 1. The Morgan fingerprint density at radius 2 is 1.36 bits per heavy atom. The van der Waals surface area contributed by atoms with Gasteiger partial charge in [-0.2, -0.15) is 0 Å². The first-order valence-corrected chi connectivity index (χ1v) is 9.87. The van der Waals surface area contributed by atoms with E-state index in [1.54, 1.807) is 0 Å². The van der Waals surface area contributed by atoms with Gasteiger partial charge in [-0.05, 0) is 50.9 Å². The molecule has 0 aromatic rings. The number of hydrogen-bond acceptors (Lipinski definition) is 3. The molecule has 124 valence electrons. The third-order valence-corrected chi connectivity index (χ3v) is 7.07. The van der Waals surface area contributed by atoms with Crippen LogP contribution in [0.1, 0.15) is 83.5 Å². The van der Waals surface area contributed by atoms with Crippen molar-refractivity contribution < 1.29 is 5.21 Å². The lowest BCUT2D eigenvalue weighted by atomic mass is 9.83. The molecule has 3 nitrogen and oxygen atoms in total. The molecule has 0 aliphatic heterocycles. The molecule has 0 saturated heterocycles. The van der Waals surface area contributed by atoms with Gasteiger partial charge in [0.05, 0.1) is 11.8 Å². The van der Waals surface area contributed by atoms with Gasteiger partial charge >= 0.3 is 0 Å². The van der Waals surface area contributed by atoms with Gasteiger partial charge < -0.3 is 5.21 Å². The van der Waals surface area contributed by atoms with Gasteiger partial charge in [-0.15, -0.1) is 0 Å². The second-order valence-corrected chi connectivity index (χ2v) is 8.27. The Morgan fingerprint density at radius 3 is 1.91 bits per heavy atom. The number of nitrogens with zero attached hydrogens (tertiary/aromatic N) is 2. The van der Waals surface area contributed by atoms with E-state index >= 15 is 0 Å². The van der Waals surface area contributed by atoms with Gasteiger partial charge in [0.15, 0.2) is 0 Å². The maximum atomic E-state index is 9.67. The molecule has 3 heteroatoms. The third kappa shape index (κ3) is 2.60. The van der Waals surface area contributed by atoms with Gasteiger partial charge in [-0.1, -0.05) is 43.7 Å². The van der Waals surface area contributed by atoms with E-state index in [-0.39, 0.29) is 0 Å². The molecule has 22 heavy (non-hydrogen) atoms.